The number of rotatable bonds is 6. The van der Waals surface area contributed by atoms with Crippen molar-refractivity contribution in [3.05, 3.63) is 30.1 Å². The van der Waals surface area contributed by atoms with Gasteiger partial charge in [-0.3, -0.25) is 14.8 Å². The number of morpholine rings is 1. The molecule has 2 aliphatic rings. The van der Waals surface area contributed by atoms with E-state index in [2.05, 4.69) is 26.2 Å². The fraction of sp³-hybridized carbons (Fsp3) is 0.667. The quantitative estimate of drug-likeness (QED) is 0.792. The lowest BCUT2D eigenvalue weighted by Gasteiger charge is -2.32. The number of hydrogen-bond acceptors (Lipinski definition) is 5. The molecule has 1 aromatic rings. The molecule has 3 rings (SSSR count). The third-order valence-corrected chi connectivity index (χ3v) is 5.26. The van der Waals surface area contributed by atoms with Crippen LogP contribution in [0.5, 0.6) is 0 Å². The van der Waals surface area contributed by atoms with Gasteiger partial charge in [-0.25, -0.2) is 0 Å². The molecular formula is C18H28N4OS. The fourth-order valence-corrected chi connectivity index (χ4v) is 3.63. The number of nitrogens with zero attached hydrogens (tertiary/aromatic N) is 3. The van der Waals surface area contributed by atoms with Crippen LogP contribution in [0.2, 0.25) is 0 Å². The van der Waals surface area contributed by atoms with Gasteiger partial charge in [-0.15, -0.1) is 0 Å². The number of likely N-dealkylation sites (tertiary alicyclic amines) is 1. The van der Waals surface area contributed by atoms with Gasteiger partial charge in [0.25, 0.3) is 0 Å². The third kappa shape index (κ3) is 5.21. The Kier molecular flexibility index (Phi) is 6.96. The van der Waals surface area contributed by atoms with Gasteiger partial charge in [-0.2, -0.15) is 0 Å². The standard InChI is InChI=1S/C18H28N4OS/c24-18(20-15-22-8-4-1-5-9-22)16(17-6-2-3-7-19-17)14-21-10-12-23-13-11-21/h2-3,6-7,16H,1,4-5,8-15H2,(H,20,24). The number of pyridine rings is 1. The Labute approximate surface area is 150 Å². The molecule has 24 heavy (non-hydrogen) atoms. The summed E-state index contributed by atoms with van der Waals surface area (Å²) >= 11 is 5.76. The zero-order chi connectivity index (χ0) is 16.6. The van der Waals surface area contributed by atoms with E-state index < -0.39 is 0 Å². The number of nitrogens with one attached hydrogen (secondary N) is 1. The van der Waals surface area contributed by atoms with Gasteiger partial charge in [0.2, 0.25) is 0 Å². The molecule has 1 unspecified atom stereocenters. The number of thiocarbonyl (C=S) groups is 1. The van der Waals surface area contributed by atoms with E-state index in [0.29, 0.717) is 0 Å². The second kappa shape index (κ2) is 9.42. The zero-order valence-corrected chi connectivity index (χ0v) is 15.1. The molecule has 1 N–H and O–H groups in total. The maximum absolute atomic E-state index is 5.76. The van der Waals surface area contributed by atoms with Crippen molar-refractivity contribution in [2.45, 2.75) is 25.2 Å². The average Bonchev–Trinajstić information content (AvgIpc) is 2.66. The van der Waals surface area contributed by atoms with Gasteiger partial charge in [0, 0.05) is 25.8 Å². The van der Waals surface area contributed by atoms with E-state index in [-0.39, 0.29) is 5.92 Å². The molecule has 6 heteroatoms. The SMILES string of the molecule is S=C(NCN1CCCCC1)C(CN1CCOCC1)c1ccccn1. The van der Waals surface area contributed by atoms with Gasteiger partial charge < -0.3 is 10.1 Å². The zero-order valence-electron chi connectivity index (χ0n) is 14.3. The van der Waals surface area contributed by atoms with Crippen molar-refractivity contribution in [2.24, 2.45) is 0 Å². The fourth-order valence-electron chi connectivity index (χ4n) is 3.37. The molecule has 0 spiro atoms. The van der Waals surface area contributed by atoms with Crippen LogP contribution in [0.15, 0.2) is 24.4 Å². The van der Waals surface area contributed by atoms with Crippen LogP contribution in [-0.2, 0) is 4.74 Å². The molecule has 0 radical (unpaired) electrons. The minimum absolute atomic E-state index is 0.143. The van der Waals surface area contributed by atoms with Gasteiger partial charge in [-0.05, 0) is 38.1 Å². The molecule has 1 aromatic heterocycles. The van der Waals surface area contributed by atoms with Crippen molar-refractivity contribution < 1.29 is 4.74 Å². The van der Waals surface area contributed by atoms with Crippen LogP contribution in [0.1, 0.15) is 30.9 Å². The van der Waals surface area contributed by atoms with Crippen molar-refractivity contribution in [3.8, 4) is 0 Å². The molecule has 0 bridgehead atoms. The van der Waals surface area contributed by atoms with Crippen molar-refractivity contribution in [1.29, 1.82) is 0 Å². The maximum atomic E-state index is 5.76. The highest BCUT2D eigenvalue weighted by atomic mass is 32.1. The number of ether oxygens (including phenoxy) is 1. The smallest absolute Gasteiger partial charge is 0.0868 e. The van der Waals surface area contributed by atoms with Gasteiger partial charge in [-0.1, -0.05) is 24.7 Å². The molecule has 2 aliphatic heterocycles. The van der Waals surface area contributed by atoms with Crippen LogP contribution in [0.3, 0.4) is 0 Å². The van der Waals surface area contributed by atoms with Crippen molar-refractivity contribution in [3.63, 3.8) is 0 Å². The summed E-state index contributed by atoms with van der Waals surface area (Å²) in [5.74, 6) is 0.143. The van der Waals surface area contributed by atoms with Crippen LogP contribution >= 0.6 is 12.2 Å². The summed E-state index contributed by atoms with van der Waals surface area (Å²) in [5, 5.41) is 3.50. The lowest BCUT2D eigenvalue weighted by atomic mass is 10.0. The summed E-state index contributed by atoms with van der Waals surface area (Å²) in [6.07, 6.45) is 5.81. The van der Waals surface area contributed by atoms with Crippen molar-refractivity contribution in [1.82, 2.24) is 20.1 Å². The summed E-state index contributed by atoms with van der Waals surface area (Å²) < 4.78 is 5.46. The van der Waals surface area contributed by atoms with E-state index in [4.69, 9.17) is 17.0 Å². The van der Waals surface area contributed by atoms with E-state index in [1.807, 2.05) is 18.3 Å². The molecule has 0 aromatic carbocycles. The molecule has 5 nitrogen and oxygen atoms in total. The predicted molar refractivity (Wildman–Crippen MR) is 100 cm³/mol. The normalized spacial score (nSPS) is 21.3. The molecule has 132 valence electrons. The predicted octanol–water partition coefficient (Wildman–Crippen LogP) is 1.86. The van der Waals surface area contributed by atoms with Crippen LogP contribution in [0, 0.1) is 0 Å². The van der Waals surface area contributed by atoms with Crippen LogP contribution < -0.4 is 5.32 Å². The molecule has 0 saturated carbocycles. The second-order valence-electron chi connectivity index (χ2n) is 6.60. The molecule has 0 aliphatic carbocycles. The molecule has 0 amide bonds. The van der Waals surface area contributed by atoms with Gasteiger partial charge in [0.05, 0.1) is 36.5 Å². The van der Waals surface area contributed by atoms with E-state index in [1.54, 1.807) is 0 Å². The second-order valence-corrected chi connectivity index (χ2v) is 7.04. The van der Waals surface area contributed by atoms with Gasteiger partial charge >= 0.3 is 0 Å². The first-order valence-corrected chi connectivity index (χ1v) is 9.45. The largest absolute Gasteiger partial charge is 0.379 e. The highest BCUT2D eigenvalue weighted by Crippen LogP contribution is 2.17. The van der Waals surface area contributed by atoms with Crippen molar-refractivity contribution >= 4 is 17.2 Å². The Morgan fingerprint density at radius 3 is 2.62 bits per heavy atom. The van der Waals surface area contributed by atoms with Crippen LogP contribution in [0.4, 0.5) is 0 Å². The average molecular weight is 349 g/mol. The first kappa shape index (κ1) is 17.7. The molecule has 2 saturated heterocycles. The van der Waals surface area contributed by atoms with Gasteiger partial charge in [0.1, 0.15) is 0 Å². The number of aromatic nitrogens is 1. The highest BCUT2D eigenvalue weighted by molar-refractivity contribution is 7.80. The summed E-state index contributed by atoms with van der Waals surface area (Å²) in [7, 11) is 0. The third-order valence-electron chi connectivity index (χ3n) is 4.83. The number of hydrogen-bond donors (Lipinski definition) is 1. The molecule has 3 heterocycles. The minimum Gasteiger partial charge on any atom is -0.379 e. The summed E-state index contributed by atoms with van der Waals surface area (Å²) in [6, 6.07) is 6.08. The van der Waals surface area contributed by atoms with Crippen molar-refractivity contribution in [2.75, 3.05) is 52.6 Å². The van der Waals surface area contributed by atoms with E-state index >= 15 is 0 Å². The Balaban J connectivity index is 1.60. The minimum atomic E-state index is 0.143. The maximum Gasteiger partial charge on any atom is 0.0868 e. The van der Waals surface area contributed by atoms with E-state index in [1.165, 1.54) is 32.4 Å². The summed E-state index contributed by atoms with van der Waals surface area (Å²) in [6.45, 7) is 7.67. The molecule has 1 atom stereocenters. The monoisotopic (exact) mass is 348 g/mol. The van der Waals surface area contributed by atoms with E-state index in [9.17, 15) is 0 Å². The number of piperidine rings is 1. The Morgan fingerprint density at radius 1 is 1.12 bits per heavy atom. The summed E-state index contributed by atoms with van der Waals surface area (Å²) in [5.41, 5.74) is 1.06. The first-order chi connectivity index (χ1) is 11.8. The Hall–Kier alpha value is -1.08. The Bertz CT molecular complexity index is 501. The highest BCUT2D eigenvalue weighted by Gasteiger charge is 2.23. The topological polar surface area (TPSA) is 40.6 Å². The lowest BCUT2D eigenvalue weighted by molar-refractivity contribution is 0.0372. The molecule has 2 fully saturated rings. The Morgan fingerprint density at radius 2 is 1.92 bits per heavy atom. The first-order valence-electron chi connectivity index (χ1n) is 9.04. The lowest BCUT2D eigenvalue weighted by Crippen LogP contribution is -2.45. The van der Waals surface area contributed by atoms with Crippen LogP contribution in [0.25, 0.3) is 0 Å². The van der Waals surface area contributed by atoms with E-state index in [0.717, 1.165) is 50.2 Å². The molecular weight excluding hydrogens is 320 g/mol. The van der Waals surface area contributed by atoms with Gasteiger partial charge in [0.15, 0.2) is 0 Å². The van der Waals surface area contributed by atoms with Crippen LogP contribution in [-0.4, -0.2) is 72.4 Å². The summed E-state index contributed by atoms with van der Waals surface area (Å²) in [4.78, 5) is 10.4.